The fourth-order valence-electron chi connectivity index (χ4n) is 0.799. The molecule has 12 heavy (non-hydrogen) atoms. The number of nitrogens with one attached hydrogen (secondary N) is 1. The van der Waals surface area contributed by atoms with Gasteiger partial charge in [-0.05, 0) is 24.6 Å². The van der Waals surface area contributed by atoms with Crippen LogP contribution in [0.4, 0.5) is 0 Å². The van der Waals surface area contributed by atoms with Gasteiger partial charge in [-0.25, -0.2) is 5.48 Å². The summed E-state index contributed by atoms with van der Waals surface area (Å²) in [6.45, 7) is 1.84. The zero-order valence-corrected chi connectivity index (χ0v) is 7.22. The monoisotopic (exact) mass is 185 g/mol. The van der Waals surface area contributed by atoms with Gasteiger partial charge in [-0.2, -0.15) is 0 Å². The molecule has 1 aromatic carbocycles. The number of carbonyl (C=O) groups is 1. The molecule has 0 fully saturated rings. The zero-order chi connectivity index (χ0) is 9.14. The highest BCUT2D eigenvalue weighted by Gasteiger charge is 2.04. The fourth-order valence-corrected chi connectivity index (χ4v) is 0.979. The number of rotatable bonds is 1. The second kappa shape index (κ2) is 3.56. The number of aryl methyl sites for hydroxylation is 1. The van der Waals surface area contributed by atoms with Gasteiger partial charge in [-0.3, -0.25) is 10.0 Å². The molecule has 0 unspecified atom stereocenters. The molecule has 0 aliphatic heterocycles. The Labute approximate surface area is 74.9 Å². The molecule has 0 atom stereocenters. The molecule has 0 saturated heterocycles. The Hall–Kier alpha value is -1.06. The van der Waals surface area contributed by atoms with Crippen molar-refractivity contribution < 1.29 is 10.0 Å². The summed E-state index contributed by atoms with van der Waals surface area (Å²) in [7, 11) is 0. The molecule has 1 aromatic rings. The van der Waals surface area contributed by atoms with Crippen LogP contribution in [0, 0.1) is 6.92 Å². The standard InChI is InChI=1S/C8H8ClNO2/c1-5-2-3-6(4-7(5)9)8(11)10-12/h2-4,12H,1H3,(H,10,11). The van der Waals surface area contributed by atoms with E-state index < -0.39 is 5.91 Å². The van der Waals surface area contributed by atoms with E-state index >= 15 is 0 Å². The number of hydrogen-bond acceptors (Lipinski definition) is 2. The van der Waals surface area contributed by atoms with Crippen molar-refractivity contribution >= 4 is 17.5 Å². The molecule has 0 aliphatic rings. The van der Waals surface area contributed by atoms with E-state index in [-0.39, 0.29) is 0 Å². The Balaban J connectivity index is 3.05. The van der Waals surface area contributed by atoms with E-state index in [4.69, 9.17) is 16.8 Å². The molecule has 0 aliphatic carbocycles. The van der Waals surface area contributed by atoms with Crippen LogP contribution in [0.3, 0.4) is 0 Å². The smallest absolute Gasteiger partial charge is 0.274 e. The highest BCUT2D eigenvalue weighted by Crippen LogP contribution is 2.16. The summed E-state index contributed by atoms with van der Waals surface area (Å²) in [6, 6.07) is 4.81. The predicted molar refractivity (Wildman–Crippen MR) is 45.4 cm³/mol. The van der Waals surface area contributed by atoms with Crippen LogP contribution in [0.15, 0.2) is 18.2 Å². The summed E-state index contributed by atoms with van der Waals surface area (Å²) >= 11 is 5.75. The van der Waals surface area contributed by atoms with E-state index in [1.807, 2.05) is 6.92 Å². The molecule has 0 radical (unpaired) electrons. The van der Waals surface area contributed by atoms with Crippen LogP contribution in [0.5, 0.6) is 0 Å². The van der Waals surface area contributed by atoms with Crippen molar-refractivity contribution in [3.8, 4) is 0 Å². The molecule has 64 valence electrons. The molecule has 0 saturated carbocycles. The average molecular weight is 186 g/mol. The number of carbonyl (C=O) groups excluding carboxylic acids is 1. The first-order valence-corrected chi connectivity index (χ1v) is 3.73. The van der Waals surface area contributed by atoms with Gasteiger partial charge in [0, 0.05) is 10.6 Å². The molecule has 0 heterocycles. The SMILES string of the molecule is Cc1ccc(C(=O)NO)cc1Cl. The Bertz CT molecular complexity index is 312. The molecule has 1 rings (SSSR count). The Morgan fingerprint density at radius 2 is 2.25 bits per heavy atom. The van der Waals surface area contributed by atoms with Crippen molar-refractivity contribution in [1.29, 1.82) is 0 Å². The van der Waals surface area contributed by atoms with Gasteiger partial charge in [0.05, 0.1) is 0 Å². The zero-order valence-electron chi connectivity index (χ0n) is 6.47. The number of halogens is 1. The van der Waals surface area contributed by atoms with Crippen molar-refractivity contribution in [1.82, 2.24) is 5.48 Å². The van der Waals surface area contributed by atoms with E-state index in [0.29, 0.717) is 10.6 Å². The largest absolute Gasteiger partial charge is 0.288 e. The normalized spacial score (nSPS) is 9.58. The van der Waals surface area contributed by atoms with Crippen LogP contribution in [0.2, 0.25) is 5.02 Å². The van der Waals surface area contributed by atoms with E-state index in [9.17, 15) is 4.79 Å². The maximum absolute atomic E-state index is 10.9. The number of hydrogen-bond donors (Lipinski definition) is 2. The van der Waals surface area contributed by atoms with E-state index in [1.54, 1.807) is 12.1 Å². The highest BCUT2D eigenvalue weighted by atomic mass is 35.5. The van der Waals surface area contributed by atoms with Gasteiger partial charge >= 0.3 is 0 Å². The van der Waals surface area contributed by atoms with Gasteiger partial charge in [0.15, 0.2) is 0 Å². The molecule has 1 amide bonds. The third kappa shape index (κ3) is 1.75. The van der Waals surface area contributed by atoms with Gasteiger partial charge in [-0.1, -0.05) is 17.7 Å². The third-order valence-corrected chi connectivity index (χ3v) is 1.94. The third-order valence-electron chi connectivity index (χ3n) is 1.54. The minimum Gasteiger partial charge on any atom is -0.288 e. The van der Waals surface area contributed by atoms with Gasteiger partial charge in [0.1, 0.15) is 0 Å². The average Bonchev–Trinajstić information content (AvgIpc) is 2.08. The minimum atomic E-state index is -0.558. The summed E-state index contributed by atoms with van der Waals surface area (Å²) in [5.74, 6) is -0.558. The summed E-state index contributed by atoms with van der Waals surface area (Å²) < 4.78 is 0. The number of hydroxylamine groups is 1. The van der Waals surface area contributed by atoms with Gasteiger partial charge in [0.2, 0.25) is 0 Å². The molecule has 3 nitrogen and oxygen atoms in total. The molecular formula is C8H8ClNO2. The highest BCUT2D eigenvalue weighted by molar-refractivity contribution is 6.31. The predicted octanol–water partition coefficient (Wildman–Crippen LogP) is 1.77. The van der Waals surface area contributed by atoms with Gasteiger partial charge in [0.25, 0.3) is 5.91 Å². The Kier molecular flexibility index (Phi) is 2.68. The molecule has 0 bridgehead atoms. The minimum absolute atomic E-state index is 0.341. The molecule has 0 spiro atoms. The van der Waals surface area contributed by atoms with E-state index in [2.05, 4.69) is 0 Å². The number of benzene rings is 1. The van der Waals surface area contributed by atoms with Crippen LogP contribution in [-0.2, 0) is 0 Å². The van der Waals surface area contributed by atoms with Crippen molar-refractivity contribution in [2.24, 2.45) is 0 Å². The molecule has 4 heteroatoms. The maximum Gasteiger partial charge on any atom is 0.274 e. The van der Waals surface area contributed by atoms with Crippen LogP contribution in [-0.4, -0.2) is 11.1 Å². The summed E-state index contributed by atoms with van der Waals surface area (Å²) in [5.41, 5.74) is 2.77. The second-order valence-corrected chi connectivity index (χ2v) is 2.81. The second-order valence-electron chi connectivity index (χ2n) is 2.40. The molecular weight excluding hydrogens is 178 g/mol. The van der Waals surface area contributed by atoms with Crippen molar-refractivity contribution in [3.05, 3.63) is 34.3 Å². The molecule has 2 N–H and O–H groups in total. The van der Waals surface area contributed by atoms with Crippen LogP contribution in [0.25, 0.3) is 0 Å². The lowest BCUT2D eigenvalue weighted by Gasteiger charge is -2.00. The van der Waals surface area contributed by atoms with Crippen molar-refractivity contribution in [2.75, 3.05) is 0 Å². The fraction of sp³-hybridized carbons (Fsp3) is 0.125. The van der Waals surface area contributed by atoms with Gasteiger partial charge in [-0.15, -0.1) is 0 Å². The molecule has 0 aromatic heterocycles. The number of amides is 1. The van der Waals surface area contributed by atoms with E-state index in [1.165, 1.54) is 11.5 Å². The Morgan fingerprint density at radius 3 is 2.75 bits per heavy atom. The lowest BCUT2D eigenvalue weighted by atomic mass is 10.1. The van der Waals surface area contributed by atoms with Crippen LogP contribution < -0.4 is 5.48 Å². The van der Waals surface area contributed by atoms with Crippen LogP contribution >= 0.6 is 11.6 Å². The summed E-state index contributed by atoms with van der Waals surface area (Å²) in [4.78, 5) is 10.9. The topological polar surface area (TPSA) is 49.3 Å². The summed E-state index contributed by atoms with van der Waals surface area (Å²) in [5, 5.41) is 8.82. The maximum atomic E-state index is 10.9. The van der Waals surface area contributed by atoms with Crippen LogP contribution in [0.1, 0.15) is 15.9 Å². The lowest BCUT2D eigenvalue weighted by Crippen LogP contribution is -2.18. The van der Waals surface area contributed by atoms with E-state index in [0.717, 1.165) is 5.56 Å². The Morgan fingerprint density at radius 1 is 1.58 bits per heavy atom. The first kappa shape index (κ1) is 9.03. The quantitative estimate of drug-likeness (QED) is 0.518. The first-order valence-electron chi connectivity index (χ1n) is 3.35. The van der Waals surface area contributed by atoms with Gasteiger partial charge < -0.3 is 0 Å². The van der Waals surface area contributed by atoms with Crippen molar-refractivity contribution in [2.45, 2.75) is 6.92 Å². The lowest BCUT2D eigenvalue weighted by molar-refractivity contribution is 0.0706. The first-order chi connectivity index (χ1) is 5.65. The van der Waals surface area contributed by atoms with Crippen molar-refractivity contribution in [3.63, 3.8) is 0 Å². The summed E-state index contributed by atoms with van der Waals surface area (Å²) in [6.07, 6.45) is 0.